The Morgan fingerprint density at radius 2 is 2.10 bits per heavy atom. The fraction of sp³-hybridized carbons (Fsp3) is 0.300. The molecule has 0 saturated heterocycles. The van der Waals surface area contributed by atoms with Crippen molar-refractivity contribution in [3.05, 3.63) is 71.1 Å². The molecule has 0 aliphatic rings. The molecule has 0 aliphatic heterocycles. The molecule has 154 valence electrons. The number of hydrogen-bond acceptors (Lipinski definition) is 6. The first-order chi connectivity index (χ1) is 13.9. The molecule has 0 radical (unpaired) electrons. The molecule has 3 rings (SSSR count). The Hall–Kier alpha value is -2.58. The van der Waals surface area contributed by atoms with E-state index in [1.54, 1.807) is 42.3 Å². The van der Waals surface area contributed by atoms with Gasteiger partial charge in [0.15, 0.2) is 9.84 Å². The van der Waals surface area contributed by atoms with Crippen LogP contribution >= 0.6 is 11.6 Å². The number of hydrogen-bond donors (Lipinski definition) is 1. The first-order valence-electron chi connectivity index (χ1n) is 9.23. The smallest absolute Gasteiger partial charge is 0.151 e. The van der Waals surface area contributed by atoms with Gasteiger partial charge in [0.2, 0.25) is 0 Å². The van der Waals surface area contributed by atoms with E-state index in [4.69, 9.17) is 16.3 Å². The lowest BCUT2D eigenvalue weighted by Gasteiger charge is -2.12. The van der Waals surface area contributed by atoms with E-state index in [0.29, 0.717) is 30.5 Å². The lowest BCUT2D eigenvalue weighted by Crippen LogP contribution is -2.15. The van der Waals surface area contributed by atoms with Crippen LogP contribution in [-0.4, -0.2) is 34.7 Å². The number of benzene rings is 1. The van der Waals surface area contributed by atoms with Gasteiger partial charge in [-0.05, 0) is 24.3 Å². The molecule has 0 unspecified atom stereocenters. The summed E-state index contributed by atoms with van der Waals surface area (Å²) in [5.41, 5.74) is 1.87. The van der Waals surface area contributed by atoms with E-state index in [2.05, 4.69) is 15.4 Å². The van der Waals surface area contributed by atoms with Gasteiger partial charge in [-0.15, -0.1) is 0 Å². The van der Waals surface area contributed by atoms with Crippen LogP contribution in [0.2, 0.25) is 5.02 Å². The zero-order valence-electron chi connectivity index (χ0n) is 16.1. The zero-order valence-corrected chi connectivity index (χ0v) is 17.7. The van der Waals surface area contributed by atoms with Crippen molar-refractivity contribution in [2.75, 3.05) is 16.8 Å². The minimum atomic E-state index is -3.02. The number of aryl methyl sites for hydroxylation is 1. The molecule has 29 heavy (non-hydrogen) atoms. The number of ether oxygens (including phenoxy) is 1. The van der Waals surface area contributed by atoms with Gasteiger partial charge in [-0.1, -0.05) is 24.6 Å². The highest BCUT2D eigenvalue weighted by molar-refractivity contribution is 7.91. The van der Waals surface area contributed by atoms with E-state index >= 15 is 0 Å². The Balaban J connectivity index is 1.61. The standard InChI is InChI=1S/C20H23ClN4O3S/c1-2-29(26,27)11-10-25-9-7-20(24-25)23-14-17-12-18(21)5-6-19(17)28-15-16-4-3-8-22-13-16/h3-9,12-13H,2,10-11,14-15H2,1H3,(H,23,24). The molecule has 1 N–H and O–H groups in total. The summed E-state index contributed by atoms with van der Waals surface area (Å²) in [6, 6.07) is 11.1. The molecule has 1 aromatic carbocycles. The van der Waals surface area contributed by atoms with Crippen molar-refractivity contribution in [3.63, 3.8) is 0 Å². The second kappa shape index (κ2) is 9.76. The summed E-state index contributed by atoms with van der Waals surface area (Å²) in [6.45, 7) is 2.84. The van der Waals surface area contributed by atoms with Crippen LogP contribution in [0.4, 0.5) is 5.82 Å². The number of sulfone groups is 1. The monoisotopic (exact) mass is 434 g/mol. The molecule has 0 atom stereocenters. The van der Waals surface area contributed by atoms with Crippen LogP contribution in [0, 0.1) is 0 Å². The predicted octanol–water partition coefficient (Wildman–Crippen LogP) is 3.56. The highest BCUT2D eigenvalue weighted by atomic mass is 35.5. The number of aromatic nitrogens is 3. The number of nitrogens with one attached hydrogen (secondary N) is 1. The SMILES string of the molecule is CCS(=O)(=O)CCn1ccc(NCc2cc(Cl)ccc2OCc2cccnc2)n1. The lowest BCUT2D eigenvalue weighted by atomic mass is 10.2. The third-order valence-corrected chi connectivity index (χ3v) is 6.23. The van der Waals surface area contributed by atoms with Crippen LogP contribution in [0.15, 0.2) is 55.0 Å². The molecule has 9 heteroatoms. The van der Waals surface area contributed by atoms with Gasteiger partial charge in [0.25, 0.3) is 0 Å². The molecule has 0 amide bonds. The maximum Gasteiger partial charge on any atom is 0.151 e. The molecular weight excluding hydrogens is 412 g/mol. The second-order valence-electron chi connectivity index (χ2n) is 6.46. The number of halogens is 1. The molecule has 0 spiro atoms. The highest BCUT2D eigenvalue weighted by Crippen LogP contribution is 2.24. The Morgan fingerprint density at radius 1 is 1.24 bits per heavy atom. The normalized spacial score (nSPS) is 11.4. The Morgan fingerprint density at radius 3 is 2.86 bits per heavy atom. The van der Waals surface area contributed by atoms with Crippen LogP contribution in [0.1, 0.15) is 18.1 Å². The van der Waals surface area contributed by atoms with Crippen LogP contribution in [-0.2, 0) is 29.5 Å². The van der Waals surface area contributed by atoms with Gasteiger partial charge >= 0.3 is 0 Å². The van der Waals surface area contributed by atoms with Gasteiger partial charge < -0.3 is 10.1 Å². The molecule has 0 aliphatic carbocycles. The summed E-state index contributed by atoms with van der Waals surface area (Å²) in [5.74, 6) is 1.58. The van der Waals surface area contributed by atoms with Crippen LogP contribution in [0.5, 0.6) is 5.75 Å². The quantitative estimate of drug-likeness (QED) is 0.525. The van der Waals surface area contributed by atoms with Crippen molar-refractivity contribution in [2.45, 2.75) is 26.6 Å². The average molecular weight is 435 g/mol. The van der Waals surface area contributed by atoms with Gasteiger partial charge in [0.1, 0.15) is 18.2 Å². The average Bonchev–Trinajstić information content (AvgIpc) is 3.19. The van der Waals surface area contributed by atoms with E-state index in [1.165, 1.54) is 0 Å². The first-order valence-corrected chi connectivity index (χ1v) is 11.4. The predicted molar refractivity (Wildman–Crippen MR) is 114 cm³/mol. The first kappa shape index (κ1) is 21.1. The molecule has 7 nitrogen and oxygen atoms in total. The van der Waals surface area contributed by atoms with Crippen molar-refractivity contribution in [2.24, 2.45) is 0 Å². The Labute approximate surface area is 175 Å². The zero-order chi connectivity index (χ0) is 20.7. The molecule has 3 aromatic rings. The third kappa shape index (κ3) is 6.47. The van der Waals surface area contributed by atoms with Gasteiger partial charge in [-0.25, -0.2) is 8.42 Å². The van der Waals surface area contributed by atoms with E-state index in [1.807, 2.05) is 24.3 Å². The van der Waals surface area contributed by atoms with Crippen molar-refractivity contribution in [1.82, 2.24) is 14.8 Å². The summed E-state index contributed by atoms with van der Waals surface area (Å²) >= 11 is 6.15. The Kier molecular flexibility index (Phi) is 7.11. The topological polar surface area (TPSA) is 86.1 Å². The van der Waals surface area contributed by atoms with Crippen molar-refractivity contribution < 1.29 is 13.2 Å². The fourth-order valence-electron chi connectivity index (χ4n) is 2.61. The molecular formula is C20H23ClN4O3S. The maximum absolute atomic E-state index is 11.6. The molecule has 2 aromatic heterocycles. The van der Waals surface area contributed by atoms with Gasteiger partial charge in [0.05, 0.1) is 12.3 Å². The van der Waals surface area contributed by atoms with Crippen LogP contribution in [0.25, 0.3) is 0 Å². The van der Waals surface area contributed by atoms with Crippen LogP contribution < -0.4 is 10.1 Å². The molecule has 0 bridgehead atoms. The van der Waals surface area contributed by atoms with Crippen molar-refractivity contribution in [1.29, 1.82) is 0 Å². The van der Waals surface area contributed by atoms with Gasteiger partial charge in [-0.3, -0.25) is 9.67 Å². The summed E-state index contributed by atoms with van der Waals surface area (Å²) in [4.78, 5) is 4.09. The molecule has 0 saturated carbocycles. The minimum absolute atomic E-state index is 0.0746. The van der Waals surface area contributed by atoms with E-state index in [9.17, 15) is 8.42 Å². The van der Waals surface area contributed by atoms with E-state index in [-0.39, 0.29) is 11.5 Å². The fourth-order valence-corrected chi connectivity index (χ4v) is 3.56. The van der Waals surface area contributed by atoms with Crippen molar-refractivity contribution in [3.8, 4) is 5.75 Å². The van der Waals surface area contributed by atoms with Gasteiger partial charge in [-0.2, -0.15) is 5.10 Å². The van der Waals surface area contributed by atoms with E-state index < -0.39 is 9.84 Å². The van der Waals surface area contributed by atoms with Gasteiger partial charge in [0, 0.05) is 53.1 Å². The number of nitrogens with zero attached hydrogens (tertiary/aromatic N) is 3. The minimum Gasteiger partial charge on any atom is -0.488 e. The summed E-state index contributed by atoms with van der Waals surface area (Å²) < 4.78 is 30.8. The highest BCUT2D eigenvalue weighted by Gasteiger charge is 2.09. The summed E-state index contributed by atoms with van der Waals surface area (Å²) in [6.07, 6.45) is 5.24. The molecule has 2 heterocycles. The summed E-state index contributed by atoms with van der Waals surface area (Å²) in [5, 5.41) is 8.21. The number of anilines is 1. The Bertz CT molecular complexity index is 1040. The number of pyridine rings is 1. The summed E-state index contributed by atoms with van der Waals surface area (Å²) in [7, 11) is -3.02. The third-order valence-electron chi connectivity index (χ3n) is 4.31. The molecule has 0 fully saturated rings. The van der Waals surface area contributed by atoms with E-state index in [0.717, 1.165) is 16.9 Å². The van der Waals surface area contributed by atoms with Crippen LogP contribution in [0.3, 0.4) is 0 Å². The lowest BCUT2D eigenvalue weighted by molar-refractivity contribution is 0.303. The maximum atomic E-state index is 11.6. The second-order valence-corrected chi connectivity index (χ2v) is 9.37. The van der Waals surface area contributed by atoms with Crippen molar-refractivity contribution >= 4 is 27.3 Å². The number of rotatable bonds is 10. The largest absolute Gasteiger partial charge is 0.488 e.